The number of nitrogens with one attached hydrogen (secondary N) is 1. The number of esters is 1. The maximum Gasteiger partial charge on any atom is 0.338 e. The fourth-order valence-corrected chi connectivity index (χ4v) is 2.71. The van der Waals surface area contributed by atoms with Gasteiger partial charge in [0.2, 0.25) is 5.37 Å². The molecule has 1 rings (SSSR count). The minimum atomic E-state index is -3.33. The number of rotatable bonds is 2. The molecule has 76 valence electrons. The molecule has 1 atom stereocenters. The van der Waals surface area contributed by atoms with Crippen LogP contribution in [0.1, 0.15) is 13.3 Å². The summed E-state index contributed by atoms with van der Waals surface area (Å²) in [6.07, 6.45) is 0.554. The number of sulfone groups is 1. The minimum Gasteiger partial charge on any atom is -0.464 e. The molecule has 0 bridgehead atoms. The van der Waals surface area contributed by atoms with E-state index in [1.165, 1.54) is 0 Å². The molecule has 6 heteroatoms. The zero-order chi connectivity index (χ0) is 9.90. The fourth-order valence-electron chi connectivity index (χ4n) is 1.20. The summed E-state index contributed by atoms with van der Waals surface area (Å²) in [5.41, 5.74) is 0. The van der Waals surface area contributed by atoms with E-state index in [1.807, 2.05) is 0 Å². The second kappa shape index (κ2) is 4.06. The second-order valence-electron chi connectivity index (χ2n) is 2.81. The van der Waals surface area contributed by atoms with Gasteiger partial charge in [0.05, 0.1) is 12.4 Å². The first-order chi connectivity index (χ1) is 6.08. The van der Waals surface area contributed by atoms with E-state index in [0.717, 1.165) is 0 Å². The van der Waals surface area contributed by atoms with Gasteiger partial charge < -0.3 is 4.74 Å². The number of hydrogen-bond donors (Lipinski definition) is 1. The Balaban J connectivity index is 2.71. The number of carbonyl (C=O) groups excluding carboxylic acids is 1. The standard InChI is InChI=1S/C7H13NO4S/c1-2-12-7(9)6-8-4-3-5-13(6,10)11/h6,8H,2-5H2,1H3. The Kier molecular flexibility index (Phi) is 3.27. The summed E-state index contributed by atoms with van der Waals surface area (Å²) in [6, 6.07) is 0. The fraction of sp³-hybridized carbons (Fsp3) is 0.857. The van der Waals surface area contributed by atoms with Crippen LogP contribution >= 0.6 is 0 Å². The molecular weight excluding hydrogens is 194 g/mol. The molecule has 0 aromatic heterocycles. The smallest absolute Gasteiger partial charge is 0.338 e. The number of hydrogen-bond acceptors (Lipinski definition) is 5. The van der Waals surface area contributed by atoms with Crippen LogP contribution in [0.2, 0.25) is 0 Å². The summed E-state index contributed by atoms with van der Waals surface area (Å²) in [5.74, 6) is -0.633. The monoisotopic (exact) mass is 207 g/mol. The van der Waals surface area contributed by atoms with Crippen LogP contribution in [0.25, 0.3) is 0 Å². The molecule has 5 nitrogen and oxygen atoms in total. The lowest BCUT2D eigenvalue weighted by Gasteiger charge is -2.21. The lowest BCUT2D eigenvalue weighted by molar-refractivity contribution is -0.143. The van der Waals surface area contributed by atoms with Crippen molar-refractivity contribution in [3.05, 3.63) is 0 Å². The lowest BCUT2D eigenvalue weighted by atomic mass is 10.4. The van der Waals surface area contributed by atoms with E-state index in [9.17, 15) is 13.2 Å². The van der Waals surface area contributed by atoms with Gasteiger partial charge in [-0.05, 0) is 19.9 Å². The Hall–Kier alpha value is -0.620. The maximum absolute atomic E-state index is 11.3. The van der Waals surface area contributed by atoms with Crippen molar-refractivity contribution in [1.82, 2.24) is 5.32 Å². The predicted molar refractivity (Wildman–Crippen MR) is 46.8 cm³/mol. The first kappa shape index (κ1) is 10.5. The van der Waals surface area contributed by atoms with Crippen molar-refractivity contribution >= 4 is 15.8 Å². The van der Waals surface area contributed by atoms with Gasteiger partial charge in [-0.25, -0.2) is 13.2 Å². The van der Waals surface area contributed by atoms with Crippen LogP contribution in [-0.4, -0.2) is 38.7 Å². The normalized spacial score (nSPS) is 26.7. The van der Waals surface area contributed by atoms with Gasteiger partial charge in [0.15, 0.2) is 9.84 Å². The number of carbonyl (C=O) groups is 1. The van der Waals surface area contributed by atoms with Gasteiger partial charge in [-0.15, -0.1) is 0 Å². The Morgan fingerprint density at radius 1 is 1.62 bits per heavy atom. The molecule has 0 saturated carbocycles. The Morgan fingerprint density at radius 3 is 2.85 bits per heavy atom. The molecule has 1 unspecified atom stereocenters. The van der Waals surface area contributed by atoms with Gasteiger partial charge in [-0.1, -0.05) is 0 Å². The average Bonchev–Trinajstić information content (AvgIpc) is 2.03. The molecule has 1 fully saturated rings. The van der Waals surface area contributed by atoms with E-state index in [1.54, 1.807) is 6.92 Å². The molecule has 0 aliphatic carbocycles. The Labute approximate surface area is 77.4 Å². The van der Waals surface area contributed by atoms with Crippen LogP contribution < -0.4 is 5.32 Å². The molecule has 1 aliphatic rings. The molecule has 1 aliphatic heterocycles. The van der Waals surface area contributed by atoms with E-state index in [2.05, 4.69) is 10.1 Å². The quantitative estimate of drug-likeness (QED) is 0.605. The van der Waals surface area contributed by atoms with Crippen molar-refractivity contribution in [2.75, 3.05) is 18.9 Å². The van der Waals surface area contributed by atoms with E-state index >= 15 is 0 Å². The molecule has 0 radical (unpaired) electrons. The van der Waals surface area contributed by atoms with Crippen LogP contribution in [0.15, 0.2) is 0 Å². The van der Waals surface area contributed by atoms with Gasteiger partial charge in [-0.2, -0.15) is 0 Å². The average molecular weight is 207 g/mol. The maximum atomic E-state index is 11.3. The molecule has 13 heavy (non-hydrogen) atoms. The minimum absolute atomic E-state index is 0.0590. The van der Waals surface area contributed by atoms with Crippen molar-refractivity contribution in [2.45, 2.75) is 18.7 Å². The summed E-state index contributed by atoms with van der Waals surface area (Å²) in [7, 11) is -3.33. The van der Waals surface area contributed by atoms with Crippen molar-refractivity contribution in [2.24, 2.45) is 0 Å². The highest BCUT2D eigenvalue weighted by atomic mass is 32.2. The highest BCUT2D eigenvalue weighted by Crippen LogP contribution is 2.08. The summed E-state index contributed by atoms with van der Waals surface area (Å²) < 4.78 is 27.3. The zero-order valence-corrected chi connectivity index (χ0v) is 8.26. The van der Waals surface area contributed by atoms with Crippen LogP contribution in [0.5, 0.6) is 0 Å². The Bertz CT molecular complexity index is 285. The molecule has 0 aromatic carbocycles. The highest BCUT2D eigenvalue weighted by Gasteiger charge is 2.35. The first-order valence-corrected chi connectivity index (χ1v) is 5.91. The summed E-state index contributed by atoms with van der Waals surface area (Å²) in [4.78, 5) is 11.1. The van der Waals surface area contributed by atoms with E-state index < -0.39 is 21.2 Å². The first-order valence-electron chi connectivity index (χ1n) is 4.19. The van der Waals surface area contributed by atoms with E-state index in [4.69, 9.17) is 0 Å². The molecule has 1 heterocycles. The summed E-state index contributed by atoms with van der Waals surface area (Å²) in [5, 5.41) is 1.48. The van der Waals surface area contributed by atoms with Gasteiger partial charge >= 0.3 is 5.97 Å². The van der Waals surface area contributed by atoms with Crippen molar-refractivity contribution in [3.63, 3.8) is 0 Å². The van der Waals surface area contributed by atoms with Gasteiger partial charge in [0.25, 0.3) is 0 Å². The molecule has 1 saturated heterocycles. The van der Waals surface area contributed by atoms with Crippen LogP contribution in [0, 0.1) is 0 Å². The molecular formula is C7H13NO4S. The topological polar surface area (TPSA) is 72.5 Å². The molecule has 0 spiro atoms. The molecule has 1 N–H and O–H groups in total. The lowest BCUT2D eigenvalue weighted by Crippen LogP contribution is -2.49. The van der Waals surface area contributed by atoms with Crippen molar-refractivity contribution in [3.8, 4) is 0 Å². The third kappa shape index (κ3) is 2.41. The van der Waals surface area contributed by atoms with Gasteiger partial charge in [0.1, 0.15) is 0 Å². The number of ether oxygens (including phenoxy) is 1. The summed E-state index contributed by atoms with van der Waals surface area (Å²) >= 11 is 0. The van der Waals surface area contributed by atoms with E-state index in [0.29, 0.717) is 13.0 Å². The molecule has 0 amide bonds. The molecule has 0 aromatic rings. The zero-order valence-electron chi connectivity index (χ0n) is 7.45. The van der Waals surface area contributed by atoms with Crippen molar-refractivity contribution < 1.29 is 17.9 Å². The SMILES string of the molecule is CCOC(=O)C1NCCCS1(=O)=O. The summed E-state index contributed by atoms with van der Waals surface area (Å²) in [6.45, 7) is 2.39. The predicted octanol–water partition coefficient (Wildman–Crippen LogP) is -0.716. The van der Waals surface area contributed by atoms with E-state index in [-0.39, 0.29) is 12.4 Å². The third-order valence-electron chi connectivity index (χ3n) is 1.80. The largest absolute Gasteiger partial charge is 0.464 e. The second-order valence-corrected chi connectivity index (χ2v) is 5.01. The van der Waals surface area contributed by atoms with Crippen LogP contribution in [0.4, 0.5) is 0 Å². The Morgan fingerprint density at radius 2 is 2.31 bits per heavy atom. The van der Waals surface area contributed by atoms with Gasteiger partial charge in [0, 0.05) is 0 Å². The highest BCUT2D eigenvalue weighted by molar-refractivity contribution is 7.92. The van der Waals surface area contributed by atoms with Crippen LogP contribution in [-0.2, 0) is 19.4 Å². The van der Waals surface area contributed by atoms with Crippen LogP contribution in [0.3, 0.4) is 0 Å². The van der Waals surface area contributed by atoms with Crippen molar-refractivity contribution in [1.29, 1.82) is 0 Å². The van der Waals surface area contributed by atoms with Gasteiger partial charge in [-0.3, -0.25) is 5.32 Å². The third-order valence-corrected chi connectivity index (χ3v) is 3.73.